The van der Waals surface area contributed by atoms with Crippen molar-refractivity contribution < 1.29 is 9.90 Å². The molecule has 0 saturated heterocycles. The molecule has 15 heavy (non-hydrogen) atoms. The topological polar surface area (TPSA) is 68.0 Å². The highest BCUT2D eigenvalue weighted by Crippen LogP contribution is 2.07. The van der Waals surface area contributed by atoms with Gasteiger partial charge in [-0.15, -0.1) is 0 Å². The lowest BCUT2D eigenvalue weighted by Gasteiger charge is -2.08. The van der Waals surface area contributed by atoms with E-state index in [1.54, 1.807) is 4.68 Å². The van der Waals surface area contributed by atoms with Crippen molar-refractivity contribution in [2.24, 2.45) is 0 Å². The molecule has 0 amide bonds. The van der Waals surface area contributed by atoms with Crippen LogP contribution in [-0.2, 0) is 11.2 Å². The minimum atomic E-state index is 0.0581. The highest BCUT2D eigenvalue weighted by molar-refractivity contribution is 5.80. The van der Waals surface area contributed by atoms with Crippen LogP contribution in [0.3, 0.4) is 0 Å². The molecule has 1 aromatic heterocycles. The molecule has 0 saturated carbocycles. The molecule has 0 aromatic carbocycles. The first kappa shape index (κ1) is 11.8. The molecule has 5 nitrogen and oxygen atoms in total. The molecule has 5 heteroatoms. The molecule has 1 N–H and O–H groups in total. The quantitative estimate of drug-likeness (QED) is 0.753. The van der Waals surface area contributed by atoms with Crippen LogP contribution in [0.25, 0.3) is 0 Å². The zero-order chi connectivity index (χ0) is 11.3. The molecule has 1 rings (SSSR count). The second-order valence-electron chi connectivity index (χ2n) is 3.76. The van der Waals surface area contributed by atoms with Crippen molar-refractivity contribution in [1.82, 2.24) is 14.8 Å². The maximum atomic E-state index is 11.5. The normalized spacial score (nSPS) is 10.9. The van der Waals surface area contributed by atoms with Crippen LogP contribution in [0.4, 0.5) is 0 Å². The van der Waals surface area contributed by atoms with Crippen LogP contribution in [-0.4, -0.2) is 32.3 Å². The number of aliphatic hydroxyl groups is 1. The molecule has 0 spiro atoms. The summed E-state index contributed by atoms with van der Waals surface area (Å²) in [4.78, 5) is 15.5. The number of ketones is 1. The molecule has 0 radical (unpaired) electrons. The maximum absolute atomic E-state index is 11.5. The number of aliphatic hydroxyl groups excluding tert-OH is 1. The highest BCUT2D eigenvalue weighted by atomic mass is 16.3. The van der Waals surface area contributed by atoms with E-state index in [1.807, 2.05) is 13.8 Å². The van der Waals surface area contributed by atoms with Gasteiger partial charge in [-0.3, -0.25) is 4.79 Å². The van der Waals surface area contributed by atoms with Gasteiger partial charge in [0, 0.05) is 19.1 Å². The third-order valence-corrected chi connectivity index (χ3v) is 2.11. The van der Waals surface area contributed by atoms with Crippen molar-refractivity contribution in [3.8, 4) is 0 Å². The van der Waals surface area contributed by atoms with E-state index in [0.29, 0.717) is 25.1 Å². The summed E-state index contributed by atoms with van der Waals surface area (Å²) >= 11 is 0. The molecular formula is C10H17N3O2. The van der Waals surface area contributed by atoms with Gasteiger partial charge in [-0.1, -0.05) is 0 Å². The SMILES string of the molecule is CC(C)n1ncnc1CC(=O)CCCO. The minimum absolute atomic E-state index is 0.0581. The summed E-state index contributed by atoms with van der Waals surface area (Å²) in [7, 11) is 0. The summed E-state index contributed by atoms with van der Waals surface area (Å²) in [6.07, 6.45) is 2.70. The Bertz CT molecular complexity index is 320. The van der Waals surface area contributed by atoms with Gasteiger partial charge in [-0.05, 0) is 20.3 Å². The predicted molar refractivity (Wildman–Crippen MR) is 55.4 cm³/mol. The van der Waals surface area contributed by atoms with Crippen molar-refractivity contribution in [3.05, 3.63) is 12.2 Å². The van der Waals surface area contributed by atoms with Gasteiger partial charge in [0.1, 0.15) is 17.9 Å². The average molecular weight is 211 g/mol. The Kier molecular flexibility index (Phi) is 4.42. The second kappa shape index (κ2) is 5.60. The lowest BCUT2D eigenvalue weighted by Crippen LogP contribution is -2.13. The van der Waals surface area contributed by atoms with Crippen LogP contribution in [0.1, 0.15) is 38.6 Å². The van der Waals surface area contributed by atoms with Gasteiger partial charge in [-0.2, -0.15) is 5.10 Å². The van der Waals surface area contributed by atoms with E-state index in [9.17, 15) is 4.79 Å². The average Bonchev–Trinajstić information content (AvgIpc) is 2.62. The Hall–Kier alpha value is -1.23. The lowest BCUT2D eigenvalue weighted by atomic mass is 10.1. The number of nitrogens with zero attached hydrogens (tertiary/aromatic N) is 3. The fourth-order valence-electron chi connectivity index (χ4n) is 1.37. The van der Waals surface area contributed by atoms with Gasteiger partial charge in [-0.25, -0.2) is 9.67 Å². The molecule has 84 valence electrons. The highest BCUT2D eigenvalue weighted by Gasteiger charge is 2.11. The third-order valence-electron chi connectivity index (χ3n) is 2.11. The summed E-state index contributed by atoms with van der Waals surface area (Å²) in [5.41, 5.74) is 0. The molecule has 0 aliphatic rings. The first-order valence-electron chi connectivity index (χ1n) is 5.16. The van der Waals surface area contributed by atoms with E-state index in [1.165, 1.54) is 6.33 Å². The summed E-state index contributed by atoms with van der Waals surface area (Å²) in [6.45, 7) is 4.05. The second-order valence-corrected chi connectivity index (χ2v) is 3.76. The molecule has 0 aliphatic carbocycles. The number of Topliss-reactive ketones (excluding diaryl/α,β-unsaturated/α-hetero) is 1. The van der Waals surface area contributed by atoms with E-state index in [-0.39, 0.29) is 18.4 Å². The number of hydrogen-bond donors (Lipinski definition) is 1. The monoisotopic (exact) mass is 211 g/mol. The zero-order valence-corrected chi connectivity index (χ0v) is 9.18. The van der Waals surface area contributed by atoms with Crippen LogP contribution >= 0.6 is 0 Å². The predicted octanol–water partition coefficient (Wildman–Crippen LogP) is 0.743. The van der Waals surface area contributed by atoms with E-state index in [0.717, 1.165) is 0 Å². The van der Waals surface area contributed by atoms with E-state index >= 15 is 0 Å². The van der Waals surface area contributed by atoms with Crippen LogP contribution in [0, 0.1) is 0 Å². The number of aromatic nitrogens is 3. The zero-order valence-electron chi connectivity index (χ0n) is 9.18. The Balaban J connectivity index is 2.56. The molecule has 0 aliphatic heterocycles. The standard InChI is InChI=1S/C10H17N3O2/c1-8(2)13-10(11-7-12-13)6-9(15)4-3-5-14/h7-8,14H,3-6H2,1-2H3. The third kappa shape index (κ3) is 3.43. The van der Waals surface area contributed by atoms with Crippen molar-refractivity contribution >= 4 is 5.78 Å². The summed E-state index contributed by atoms with van der Waals surface area (Å²) in [5.74, 6) is 0.798. The molecule has 1 aromatic rings. The Morgan fingerprint density at radius 1 is 1.60 bits per heavy atom. The van der Waals surface area contributed by atoms with E-state index in [4.69, 9.17) is 5.11 Å². The van der Waals surface area contributed by atoms with Crippen LogP contribution in [0.15, 0.2) is 6.33 Å². The van der Waals surface area contributed by atoms with Gasteiger partial charge >= 0.3 is 0 Å². The van der Waals surface area contributed by atoms with Gasteiger partial charge in [0.05, 0.1) is 6.42 Å². The molecular weight excluding hydrogens is 194 g/mol. The minimum Gasteiger partial charge on any atom is -0.396 e. The lowest BCUT2D eigenvalue weighted by molar-refractivity contribution is -0.118. The van der Waals surface area contributed by atoms with E-state index in [2.05, 4.69) is 10.1 Å². The number of carbonyl (C=O) groups is 1. The first-order valence-corrected chi connectivity index (χ1v) is 5.16. The first-order chi connectivity index (χ1) is 7.15. The maximum Gasteiger partial charge on any atom is 0.140 e. The van der Waals surface area contributed by atoms with Crippen LogP contribution in [0.5, 0.6) is 0 Å². The molecule has 1 heterocycles. The smallest absolute Gasteiger partial charge is 0.140 e. The molecule has 0 atom stereocenters. The van der Waals surface area contributed by atoms with Crippen molar-refractivity contribution in [2.75, 3.05) is 6.61 Å². The Morgan fingerprint density at radius 3 is 2.93 bits per heavy atom. The number of hydrogen-bond acceptors (Lipinski definition) is 4. The summed E-state index contributed by atoms with van der Waals surface area (Å²) in [6, 6.07) is 0.216. The molecule has 0 bridgehead atoms. The van der Waals surface area contributed by atoms with E-state index < -0.39 is 0 Å². The Labute approximate surface area is 89.1 Å². The van der Waals surface area contributed by atoms with Gasteiger partial charge in [0.25, 0.3) is 0 Å². The van der Waals surface area contributed by atoms with Gasteiger partial charge < -0.3 is 5.11 Å². The summed E-state index contributed by atoms with van der Waals surface area (Å²) < 4.78 is 1.75. The molecule has 0 fully saturated rings. The Morgan fingerprint density at radius 2 is 2.33 bits per heavy atom. The molecule has 0 unspecified atom stereocenters. The largest absolute Gasteiger partial charge is 0.396 e. The summed E-state index contributed by atoms with van der Waals surface area (Å²) in [5, 5.41) is 12.7. The van der Waals surface area contributed by atoms with Crippen molar-refractivity contribution in [3.63, 3.8) is 0 Å². The van der Waals surface area contributed by atoms with Gasteiger partial charge in [0.2, 0.25) is 0 Å². The van der Waals surface area contributed by atoms with Crippen LogP contribution < -0.4 is 0 Å². The van der Waals surface area contributed by atoms with Gasteiger partial charge in [0.15, 0.2) is 0 Å². The number of carbonyl (C=O) groups excluding carboxylic acids is 1. The van der Waals surface area contributed by atoms with Crippen LogP contribution in [0.2, 0.25) is 0 Å². The fourth-order valence-corrected chi connectivity index (χ4v) is 1.37. The fraction of sp³-hybridized carbons (Fsp3) is 0.700. The van der Waals surface area contributed by atoms with Crippen molar-refractivity contribution in [1.29, 1.82) is 0 Å². The number of rotatable bonds is 6. The van der Waals surface area contributed by atoms with Crippen molar-refractivity contribution in [2.45, 2.75) is 39.2 Å².